The number of rotatable bonds is 3. The molecule has 0 aliphatic carbocycles. The third-order valence-corrected chi connectivity index (χ3v) is 1.55. The molecular formula is C7H15NO2. The topological polar surface area (TPSA) is 30.5 Å². The molecule has 3 nitrogen and oxygen atoms in total. The van der Waals surface area contributed by atoms with Crippen molar-refractivity contribution in [3.8, 4) is 0 Å². The minimum absolute atomic E-state index is 0.411. The predicted molar refractivity (Wildman–Crippen MR) is 38.6 cm³/mol. The Hall–Kier alpha value is -0.120. The Kier molecular flexibility index (Phi) is 3.72. The van der Waals surface area contributed by atoms with E-state index in [0.717, 1.165) is 26.2 Å². The fourth-order valence-electron chi connectivity index (χ4n) is 1.03. The van der Waals surface area contributed by atoms with Gasteiger partial charge in [0.05, 0.1) is 19.3 Å². The lowest BCUT2D eigenvalue weighted by Crippen LogP contribution is -2.36. The SMILES string of the molecule is CCONC1CCCOC1. The normalized spacial score (nSPS) is 26.7. The van der Waals surface area contributed by atoms with E-state index in [1.807, 2.05) is 6.92 Å². The van der Waals surface area contributed by atoms with Crippen molar-refractivity contribution in [3.63, 3.8) is 0 Å². The van der Waals surface area contributed by atoms with Crippen LogP contribution in [0.3, 0.4) is 0 Å². The van der Waals surface area contributed by atoms with Crippen LogP contribution in [0.25, 0.3) is 0 Å². The average Bonchev–Trinajstić information content (AvgIpc) is 2.03. The third kappa shape index (κ3) is 2.64. The minimum Gasteiger partial charge on any atom is -0.380 e. The van der Waals surface area contributed by atoms with Crippen molar-refractivity contribution in [3.05, 3.63) is 0 Å². The first kappa shape index (κ1) is 7.98. The van der Waals surface area contributed by atoms with Crippen molar-refractivity contribution >= 4 is 0 Å². The molecule has 0 radical (unpaired) electrons. The second kappa shape index (κ2) is 4.66. The molecular weight excluding hydrogens is 130 g/mol. The summed E-state index contributed by atoms with van der Waals surface area (Å²) in [6, 6.07) is 0.411. The quantitative estimate of drug-likeness (QED) is 0.593. The lowest BCUT2D eigenvalue weighted by atomic mass is 10.1. The van der Waals surface area contributed by atoms with Crippen molar-refractivity contribution in [2.24, 2.45) is 0 Å². The molecule has 1 aliphatic heterocycles. The highest BCUT2D eigenvalue weighted by Crippen LogP contribution is 2.04. The molecule has 3 heteroatoms. The average molecular weight is 145 g/mol. The molecule has 1 heterocycles. The zero-order chi connectivity index (χ0) is 7.23. The van der Waals surface area contributed by atoms with Crippen LogP contribution < -0.4 is 5.48 Å². The Labute approximate surface area is 61.7 Å². The van der Waals surface area contributed by atoms with Crippen LogP contribution >= 0.6 is 0 Å². The van der Waals surface area contributed by atoms with Crippen LogP contribution in [-0.4, -0.2) is 25.9 Å². The van der Waals surface area contributed by atoms with Gasteiger partial charge in [0.15, 0.2) is 0 Å². The van der Waals surface area contributed by atoms with Gasteiger partial charge in [0.1, 0.15) is 0 Å². The van der Waals surface area contributed by atoms with Crippen molar-refractivity contribution in [2.75, 3.05) is 19.8 Å². The molecule has 10 heavy (non-hydrogen) atoms. The Morgan fingerprint density at radius 1 is 1.70 bits per heavy atom. The Morgan fingerprint density at radius 2 is 2.60 bits per heavy atom. The number of nitrogens with one attached hydrogen (secondary N) is 1. The predicted octanol–water partition coefficient (Wildman–Crippen LogP) is 0.706. The highest BCUT2D eigenvalue weighted by molar-refractivity contribution is 4.64. The second-order valence-electron chi connectivity index (χ2n) is 2.46. The number of hydroxylamine groups is 1. The second-order valence-corrected chi connectivity index (χ2v) is 2.46. The van der Waals surface area contributed by atoms with Crippen LogP contribution in [0.1, 0.15) is 19.8 Å². The minimum atomic E-state index is 0.411. The molecule has 0 spiro atoms. The molecule has 0 saturated carbocycles. The van der Waals surface area contributed by atoms with Crippen LogP contribution in [0.5, 0.6) is 0 Å². The van der Waals surface area contributed by atoms with Gasteiger partial charge in [-0.1, -0.05) is 0 Å². The first-order chi connectivity index (χ1) is 4.93. The standard InChI is InChI=1S/C7H15NO2/c1-2-10-8-7-4-3-5-9-6-7/h7-8H,2-6H2,1H3. The number of hydrogen-bond acceptors (Lipinski definition) is 3. The van der Waals surface area contributed by atoms with Crippen molar-refractivity contribution in [2.45, 2.75) is 25.8 Å². The Morgan fingerprint density at radius 3 is 3.20 bits per heavy atom. The molecule has 0 aromatic carbocycles. The maximum absolute atomic E-state index is 5.24. The summed E-state index contributed by atoms with van der Waals surface area (Å²) in [4.78, 5) is 5.04. The summed E-state index contributed by atoms with van der Waals surface area (Å²) in [7, 11) is 0. The molecule has 1 fully saturated rings. The summed E-state index contributed by atoms with van der Waals surface area (Å²) in [5.41, 5.74) is 2.95. The van der Waals surface area contributed by atoms with Gasteiger partial charge in [0.2, 0.25) is 0 Å². The number of ether oxygens (including phenoxy) is 1. The monoisotopic (exact) mass is 145 g/mol. The molecule has 1 rings (SSSR count). The zero-order valence-electron chi connectivity index (χ0n) is 6.43. The first-order valence-corrected chi connectivity index (χ1v) is 3.88. The summed E-state index contributed by atoms with van der Waals surface area (Å²) < 4.78 is 5.24. The molecule has 1 N–H and O–H groups in total. The molecule has 1 saturated heterocycles. The van der Waals surface area contributed by atoms with Crippen molar-refractivity contribution in [1.82, 2.24) is 5.48 Å². The van der Waals surface area contributed by atoms with E-state index in [9.17, 15) is 0 Å². The molecule has 1 aliphatic rings. The maximum atomic E-state index is 5.24. The van der Waals surface area contributed by atoms with E-state index < -0.39 is 0 Å². The van der Waals surface area contributed by atoms with E-state index in [4.69, 9.17) is 9.57 Å². The van der Waals surface area contributed by atoms with Gasteiger partial charge >= 0.3 is 0 Å². The van der Waals surface area contributed by atoms with Gasteiger partial charge in [-0.05, 0) is 19.8 Å². The van der Waals surface area contributed by atoms with Crippen LogP contribution in [0, 0.1) is 0 Å². The molecule has 0 amide bonds. The molecule has 0 aromatic rings. The van der Waals surface area contributed by atoms with Crippen LogP contribution in [-0.2, 0) is 9.57 Å². The van der Waals surface area contributed by atoms with E-state index in [1.165, 1.54) is 6.42 Å². The summed E-state index contributed by atoms with van der Waals surface area (Å²) in [6.07, 6.45) is 2.31. The summed E-state index contributed by atoms with van der Waals surface area (Å²) in [5, 5.41) is 0. The largest absolute Gasteiger partial charge is 0.380 e. The van der Waals surface area contributed by atoms with Crippen LogP contribution in [0.4, 0.5) is 0 Å². The van der Waals surface area contributed by atoms with E-state index in [-0.39, 0.29) is 0 Å². The van der Waals surface area contributed by atoms with Crippen molar-refractivity contribution < 1.29 is 9.57 Å². The molecule has 60 valence electrons. The molecule has 1 atom stereocenters. The third-order valence-electron chi connectivity index (χ3n) is 1.55. The fourth-order valence-corrected chi connectivity index (χ4v) is 1.03. The number of hydrogen-bond donors (Lipinski definition) is 1. The molecule has 1 unspecified atom stereocenters. The first-order valence-electron chi connectivity index (χ1n) is 3.88. The van der Waals surface area contributed by atoms with Crippen LogP contribution in [0.2, 0.25) is 0 Å². The van der Waals surface area contributed by atoms with Crippen LogP contribution in [0.15, 0.2) is 0 Å². The summed E-state index contributed by atoms with van der Waals surface area (Å²) >= 11 is 0. The molecule has 0 bridgehead atoms. The smallest absolute Gasteiger partial charge is 0.0654 e. The van der Waals surface area contributed by atoms with Gasteiger partial charge in [-0.15, -0.1) is 0 Å². The Balaban J connectivity index is 2.02. The van der Waals surface area contributed by atoms with E-state index >= 15 is 0 Å². The van der Waals surface area contributed by atoms with Gasteiger partial charge in [-0.2, -0.15) is 5.48 Å². The zero-order valence-corrected chi connectivity index (χ0v) is 6.43. The lowest BCUT2D eigenvalue weighted by Gasteiger charge is -2.22. The van der Waals surface area contributed by atoms with Gasteiger partial charge in [0, 0.05) is 6.61 Å². The van der Waals surface area contributed by atoms with E-state index in [1.54, 1.807) is 0 Å². The molecule has 0 aromatic heterocycles. The summed E-state index contributed by atoms with van der Waals surface area (Å²) in [5.74, 6) is 0. The highest BCUT2D eigenvalue weighted by Gasteiger charge is 2.12. The van der Waals surface area contributed by atoms with Crippen molar-refractivity contribution in [1.29, 1.82) is 0 Å². The fraction of sp³-hybridized carbons (Fsp3) is 1.00. The van der Waals surface area contributed by atoms with Gasteiger partial charge in [-0.25, -0.2) is 0 Å². The highest BCUT2D eigenvalue weighted by atomic mass is 16.6. The lowest BCUT2D eigenvalue weighted by molar-refractivity contribution is -0.0273. The Bertz CT molecular complexity index is 81.7. The maximum Gasteiger partial charge on any atom is 0.0654 e. The van der Waals surface area contributed by atoms with Gasteiger partial charge in [-0.3, -0.25) is 0 Å². The van der Waals surface area contributed by atoms with E-state index in [2.05, 4.69) is 5.48 Å². The summed E-state index contributed by atoms with van der Waals surface area (Å²) in [6.45, 7) is 4.39. The van der Waals surface area contributed by atoms with Gasteiger partial charge in [0.25, 0.3) is 0 Å². The van der Waals surface area contributed by atoms with E-state index in [0.29, 0.717) is 6.04 Å². The van der Waals surface area contributed by atoms with Gasteiger partial charge < -0.3 is 9.57 Å².